The summed E-state index contributed by atoms with van der Waals surface area (Å²) in [5.41, 5.74) is 1.06. The van der Waals surface area contributed by atoms with Crippen molar-refractivity contribution in [3.05, 3.63) is 29.8 Å². The molecular weight excluding hydrogens is 426 g/mol. The molecule has 0 spiro atoms. The summed E-state index contributed by atoms with van der Waals surface area (Å²) in [5, 5.41) is 5.77. The second-order valence-electron chi connectivity index (χ2n) is 9.60. The Labute approximate surface area is 194 Å². The number of benzene rings is 1. The monoisotopic (exact) mass is 463 g/mol. The summed E-state index contributed by atoms with van der Waals surface area (Å²) in [7, 11) is -1.68. The van der Waals surface area contributed by atoms with Crippen LogP contribution in [0.4, 0.5) is 5.69 Å². The second-order valence-corrected chi connectivity index (χ2v) is 11.1. The maximum atomic E-state index is 13.0. The smallest absolute Gasteiger partial charge is 0.242 e. The van der Waals surface area contributed by atoms with Gasteiger partial charge in [-0.1, -0.05) is 37.0 Å². The Morgan fingerprint density at radius 1 is 1.06 bits per heavy atom. The van der Waals surface area contributed by atoms with Crippen LogP contribution < -0.4 is 10.6 Å². The van der Waals surface area contributed by atoms with Crippen molar-refractivity contribution in [2.45, 2.75) is 84.3 Å². The molecule has 0 heterocycles. The first kappa shape index (κ1) is 26.0. The van der Waals surface area contributed by atoms with Crippen molar-refractivity contribution in [2.75, 3.05) is 16.8 Å². The van der Waals surface area contributed by atoms with E-state index in [1.807, 2.05) is 39.8 Å². The van der Waals surface area contributed by atoms with Gasteiger partial charge in [0.2, 0.25) is 17.7 Å². The molecule has 0 saturated heterocycles. The Hall–Kier alpha value is -2.22. The number of aryl methyl sites for hydroxylation is 1. The van der Waals surface area contributed by atoms with Crippen LogP contribution in [0.5, 0.6) is 0 Å². The molecule has 0 aliphatic heterocycles. The third-order valence-corrected chi connectivity index (χ3v) is 6.77. The largest absolute Gasteiger partial charge is 0.352 e. The average Bonchev–Trinajstić information content (AvgIpc) is 2.69. The van der Waals surface area contributed by atoms with E-state index < -0.39 is 34.2 Å². The lowest BCUT2D eigenvalue weighted by Crippen LogP contribution is -2.58. The fraction of sp³-hybridized carbons (Fsp3) is 0.625. The van der Waals surface area contributed by atoms with Crippen LogP contribution in [0.2, 0.25) is 0 Å². The lowest BCUT2D eigenvalue weighted by atomic mass is 9.95. The first-order chi connectivity index (χ1) is 15.0. The minimum Gasteiger partial charge on any atom is -0.352 e. The van der Waals surface area contributed by atoms with Crippen molar-refractivity contribution < 1.29 is 18.6 Å². The molecule has 1 aromatic carbocycles. The normalized spacial score (nSPS) is 16.7. The number of rotatable bonds is 8. The maximum absolute atomic E-state index is 13.0. The van der Waals surface area contributed by atoms with Crippen LogP contribution in [0.25, 0.3) is 0 Å². The van der Waals surface area contributed by atoms with Crippen molar-refractivity contribution in [1.29, 1.82) is 0 Å². The number of hydrogen-bond acceptors (Lipinski definition) is 4. The molecule has 1 fully saturated rings. The average molecular weight is 464 g/mol. The minimum absolute atomic E-state index is 0.148. The fourth-order valence-electron chi connectivity index (χ4n) is 4.10. The summed E-state index contributed by atoms with van der Waals surface area (Å²) in [6, 6.07) is 6.75. The highest BCUT2D eigenvalue weighted by Crippen LogP contribution is 2.21. The highest BCUT2D eigenvalue weighted by Gasteiger charge is 2.36. The number of amides is 3. The van der Waals surface area contributed by atoms with Crippen LogP contribution in [0.15, 0.2) is 24.3 Å². The molecule has 0 aromatic heterocycles. The lowest BCUT2D eigenvalue weighted by molar-refractivity contribution is -0.143. The first-order valence-electron chi connectivity index (χ1n) is 11.3. The van der Waals surface area contributed by atoms with E-state index in [9.17, 15) is 18.6 Å². The zero-order chi connectivity index (χ0) is 23.9. The van der Waals surface area contributed by atoms with Crippen molar-refractivity contribution in [3.8, 4) is 0 Å². The van der Waals surface area contributed by atoms with Gasteiger partial charge in [0.05, 0.1) is 0 Å². The number of carbonyl (C=O) groups is 3. The Bertz CT molecular complexity index is 827. The van der Waals surface area contributed by atoms with Crippen LogP contribution in [0.3, 0.4) is 0 Å². The number of nitrogens with zero attached hydrogens (tertiary/aromatic N) is 1. The minimum atomic E-state index is -1.68. The molecule has 0 radical (unpaired) electrons. The molecule has 3 amide bonds. The lowest BCUT2D eigenvalue weighted by Gasteiger charge is -2.40. The van der Waals surface area contributed by atoms with Crippen LogP contribution >= 0.6 is 0 Å². The zero-order valence-corrected chi connectivity index (χ0v) is 20.7. The summed E-state index contributed by atoms with van der Waals surface area (Å²) in [5.74, 6) is -1.58. The van der Waals surface area contributed by atoms with Crippen molar-refractivity contribution in [2.24, 2.45) is 0 Å². The number of hydrogen-bond donors (Lipinski definition) is 2. The number of nitrogens with one attached hydrogen (secondary N) is 2. The number of carbonyl (C=O) groups excluding carboxylic acids is 3. The fourth-order valence-corrected chi connectivity index (χ4v) is 4.98. The molecule has 2 rings (SSSR count). The van der Waals surface area contributed by atoms with Crippen molar-refractivity contribution in [3.63, 3.8) is 0 Å². The van der Waals surface area contributed by atoms with Crippen LogP contribution in [-0.4, -0.2) is 56.0 Å². The van der Waals surface area contributed by atoms with Gasteiger partial charge in [0, 0.05) is 28.1 Å². The van der Waals surface area contributed by atoms with Gasteiger partial charge in [-0.15, -0.1) is 0 Å². The van der Waals surface area contributed by atoms with E-state index in [4.69, 9.17) is 0 Å². The molecule has 1 aromatic rings. The predicted octanol–water partition coefficient (Wildman–Crippen LogP) is 3.15. The molecule has 2 N–H and O–H groups in total. The quantitative estimate of drug-likeness (QED) is 0.619. The topological polar surface area (TPSA) is 95.6 Å². The van der Waals surface area contributed by atoms with Gasteiger partial charge in [-0.05, 0) is 59.6 Å². The molecule has 178 valence electrons. The van der Waals surface area contributed by atoms with Gasteiger partial charge >= 0.3 is 0 Å². The summed E-state index contributed by atoms with van der Waals surface area (Å²) in [6.07, 6.45) is 5.32. The Morgan fingerprint density at radius 2 is 1.66 bits per heavy atom. The standard InChI is InChI=1S/C24H37N3O4S/c1-17-11-13-20(14-12-17)25-21(28)15-32(31)16-22(29)27(24(3,4)5)18(2)23(30)26-19-9-7-6-8-10-19/h11-14,18-19H,6-10,15-16H2,1-5H3,(H,25,28)(H,26,30)/t18-,32-/m1/s1. The van der Waals surface area contributed by atoms with Crippen LogP contribution in [0, 0.1) is 6.92 Å². The Balaban J connectivity index is 1.95. The van der Waals surface area contributed by atoms with E-state index >= 15 is 0 Å². The molecular formula is C24H37N3O4S. The number of anilines is 1. The van der Waals surface area contributed by atoms with Gasteiger partial charge in [-0.25, -0.2) is 0 Å². The highest BCUT2D eigenvalue weighted by atomic mass is 32.2. The molecule has 32 heavy (non-hydrogen) atoms. The maximum Gasteiger partial charge on any atom is 0.242 e. The molecule has 2 atom stereocenters. The summed E-state index contributed by atoms with van der Waals surface area (Å²) in [6.45, 7) is 9.20. The van der Waals surface area contributed by atoms with Gasteiger partial charge in [0.1, 0.15) is 17.5 Å². The van der Waals surface area contributed by atoms with E-state index in [2.05, 4.69) is 10.6 Å². The Kier molecular flexibility index (Phi) is 9.43. The first-order valence-corrected chi connectivity index (χ1v) is 12.8. The van der Waals surface area contributed by atoms with Gasteiger partial charge in [0.25, 0.3) is 0 Å². The summed E-state index contributed by atoms with van der Waals surface area (Å²) < 4.78 is 12.6. The molecule has 8 heteroatoms. The van der Waals surface area contributed by atoms with Gasteiger partial charge in [0.15, 0.2) is 0 Å². The molecule has 1 saturated carbocycles. The second kappa shape index (κ2) is 11.6. The van der Waals surface area contributed by atoms with Crippen molar-refractivity contribution in [1.82, 2.24) is 10.2 Å². The SMILES string of the molecule is Cc1ccc(NC(=O)C[S@@](=O)CC(=O)N([C@H](C)C(=O)NC2CCCCC2)C(C)(C)C)cc1. The third kappa shape index (κ3) is 8.04. The van der Waals surface area contributed by atoms with Gasteiger partial charge in [-0.2, -0.15) is 0 Å². The van der Waals surface area contributed by atoms with Gasteiger partial charge in [-0.3, -0.25) is 18.6 Å². The molecule has 0 unspecified atom stereocenters. The van der Waals surface area contributed by atoms with Gasteiger partial charge < -0.3 is 15.5 Å². The summed E-state index contributed by atoms with van der Waals surface area (Å²) >= 11 is 0. The van der Waals surface area contributed by atoms with Crippen molar-refractivity contribution >= 4 is 34.2 Å². The van der Waals surface area contributed by atoms with Crippen LogP contribution in [-0.2, 0) is 25.2 Å². The van der Waals surface area contributed by atoms with E-state index in [1.54, 1.807) is 19.1 Å². The van der Waals surface area contributed by atoms with E-state index in [1.165, 1.54) is 11.3 Å². The third-order valence-electron chi connectivity index (χ3n) is 5.62. The summed E-state index contributed by atoms with van der Waals surface area (Å²) in [4.78, 5) is 39.6. The molecule has 7 nitrogen and oxygen atoms in total. The van der Waals surface area contributed by atoms with E-state index in [-0.39, 0.29) is 23.5 Å². The molecule has 0 bridgehead atoms. The molecule has 1 aliphatic rings. The zero-order valence-electron chi connectivity index (χ0n) is 19.9. The van der Waals surface area contributed by atoms with E-state index in [0.29, 0.717) is 5.69 Å². The highest BCUT2D eigenvalue weighted by molar-refractivity contribution is 7.86. The Morgan fingerprint density at radius 3 is 2.22 bits per heavy atom. The molecule has 1 aliphatic carbocycles. The van der Waals surface area contributed by atoms with E-state index in [0.717, 1.165) is 31.2 Å². The predicted molar refractivity (Wildman–Crippen MR) is 129 cm³/mol. The van der Waals surface area contributed by atoms with Crippen LogP contribution in [0.1, 0.15) is 65.4 Å².